The zero-order valence-corrected chi connectivity index (χ0v) is 11.5. The van der Waals surface area contributed by atoms with Crippen molar-refractivity contribution in [1.82, 2.24) is 10.3 Å². The number of pyridine rings is 1. The topological polar surface area (TPSA) is 38.1 Å². The fourth-order valence-electron chi connectivity index (χ4n) is 1.85. The average molecular weight is 256 g/mol. The second-order valence-electron chi connectivity index (χ2n) is 4.61. The number of hydrogen-bond acceptors (Lipinski definition) is 3. The molecule has 0 saturated carbocycles. The SMILES string of the molecule is CCCNCC(C)=Cc1ccc(-c2cccnc2)o1. The molecule has 0 bridgehead atoms. The van der Waals surface area contributed by atoms with Gasteiger partial charge in [-0.2, -0.15) is 0 Å². The van der Waals surface area contributed by atoms with Crippen LogP contribution in [-0.2, 0) is 0 Å². The fourth-order valence-corrected chi connectivity index (χ4v) is 1.85. The van der Waals surface area contributed by atoms with Crippen LogP contribution in [0.1, 0.15) is 26.0 Å². The van der Waals surface area contributed by atoms with Crippen LogP contribution in [0.4, 0.5) is 0 Å². The first-order chi connectivity index (χ1) is 9.29. The molecule has 100 valence electrons. The Morgan fingerprint density at radius 2 is 2.26 bits per heavy atom. The summed E-state index contributed by atoms with van der Waals surface area (Å²) in [6.07, 6.45) is 6.79. The Balaban J connectivity index is 2.03. The molecule has 0 aliphatic heterocycles. The lowest BCUT2D eigenvalue weighted by molar-refractivity contribution is 0.570. The van der Waals surface area contributed by atoms with Crippen molar-refractivity contribution in [2.45, 2.75) is 20.3 Å². The largest absolute Gasteiger partial charge is 0.457 e. The zero-order chi connectivity index (χ0) is 13.5. The molecule has 3 nitrogen and oxygen atoms in total. The highest BCUT2D eigenvalue weighted by molar-refractivity contribution is 5.59. The molecule has 0 atom stereocenters. The normalized spacial score (nSPS) is 11.8. The molecule has 0 fully saturated rings. The molecule has 0 aliphatic carbocycles. The van der Waals surface area contributed by atoms with E-state index in [0.29, 0.717) is 0 Å². The summed E-state index contributed by atoms with van der Waals surface area (Å²) in [5.41, 5.74) is 2.27. The van der Waals surface area contributed by atoms with E-state index in [2.05, 4.69) is 30.2 Å². The first kappa shape index (κ1) is 13.6. The minimum Gasteiger partial charge on any atom is -0.457 e. The Bertz CT molecular complexity index is 529. The van der Waals surface area contributed by atoms with Gasteiger partial charge in [0.05, 0.1) is 0 Å². The Labute approximate surface area is 114 Å². The first-order valence-corrected chi connectivity index (χ1v) is 6.67. The Morgan fingerprint density at radius 1 is 1.37 bits per heavy atom. The van der Waals surface area contributed by atoms with Gasteiger partial charge >= 0.3 is 0 Å². The zero-order valence-electron chi connectivity index (χ0n) is 11.5. The summed E-state index contributed by atoms with van der Waals surface area (Å²) in [6, 6.07) is 7.88. The number of rotatable bonds is 6. The molecule has 0 unspecified atom stereocenters. The lowest BCUT2D eigenvalue weighted by Crippen LogP contribution is -2.16. The quantitative estimate of drug-likeness (QED) is 0.800. The minimum absolute atomic E-state index is 0.855. The Hall–Kier alpha value is -1.87. The first-order valence-electron chi connectivity index (χ1n) is 6.67. The maximum absolute atomic E-state index is 5.80. The van der Waals surface area contributed by atoms with Gasteiger partial charge in [0.2, 0.25) is 0 Å². The standard InChI is InChI=1S/C16H20N2O/c1-3-8-17-11-13(2)10-15-6-7-16(19-15)14-5-4-9-18-12-14/h4-7,9-10,12,17H,3,8,11H2,1-2H3. The number of nitrogens with one attached hydrogen (secondary N) is 1. The van der Waals surface area contributed by atoms with E-state index in [9.17, 15) is 0 Å². The predicted molar refractivity (Wildman–Crippen MR) is 78.8 cm³/mol. The van der Waals surface area contributed by atoms with Crippen molar-refractivity contribution in [3.63, 3.8) is 0 Å². The van der Waals surface area contributed by atoms with Crippen molar-refractivity contribution in [1.29, 1.82) is 0 Å². The van der Waals surface area contributed by atoms with Crippen LogP contribution in [0.25, 0.3) is 17.4 Å². The number of furan rings is 1. The van der Waals surface area contributed by atoms with E-state index < -0.39 is 0 Å². The van der Waals surface area contributed by atoms with E-state index in [4.69, 9.17) is 4.42 Å². The molecule has 2 heterocycles. The van der Waals surface area contributed by atoms with Crippen LogP contribution >= 0.6 is 0 Å². The lowest BCUT2D eigenvalue weighted by Gasteiger charge is -2.02. The molecule has 0 radical (unpaired) electrons. The summed E-state index contributed by atoms with van der Waals surface area (Å²) in [5.74, 6) is 1.74. The third-order valence-electron chi connectivity index (χ3n) is 2.79. The van der Waals surface area contributed by atoms with Crippen LogP contribution in [0.15, 0.2) is 46.6 Å². The van der Waals surface area contributed by atoms with Gasteiger partial charge < -0.3 is 9.73 Å². The van der Waals surface area contributed by atoms with Crippen molar-refractivity contribution < 1.29 is 4.42 Å². The van der Waals surface area contributed by atoms with Gasteiger partial charge in [0.15, 0.2) is 0 Å². The van der Waals surface area contributed by atoms with Crippen LogP contribution in [0, 0.1) is 0 Å². The van der Waals surface area contributed by atoms with Crippen LogP contribution in [0.2, 0.25) is 0 Å². The highest BCUT2D eigenvalue weighted by Crippen LogP contribution is 2.22. The van der Waals surface area contributed by atoms with Crippen molar-refractivity contribution in [2.24, 2.45) is 0 Å². The summed E-state index contributed by atoms with van der Waals surface area (Å²) in [5, 5.41) is 3.37. The van der Waals surface area contributed by atoms with E-state index in [1.165, 1.54) is 5.57 Å². The van der Waals surface area contributed by atoms with Gasteiger partial charge in [-0.15, -0.1) is 0 Å². The monoisotopic (exact) mass is 256 g/mol. The molecular weight excluding hydrogens is 236 g/mol. The summed E-state index contributed by atoms with van der Waals surface area (Å²) >= 11 is 0. The molecule has 19 heavy (non-hydrogen) atoms. The molecule has 0 aliphatic rings. The number of hydrogen-bond donors (Lipinski definition) is 1. The highest BCUT2D eigenvalue weighted by Gasteiger charge is 2.03. The molecule has 2 rings (SSSR count). The third-order valence-corrected chi connectivity index (χ3v) is 2.79. The van der Waals surface area contributed by atoms with Gasteiger partial charge in [0.1, 0.15) is 11.5 Å². The minimum atomic E-state index is 0.855. The lowest BCUT2D eigenvalue weighted by atomic mass is 10.2. The Kier molecular flexibility index (Phi) is 4.93. The molecular formula is C16H20N2O. The molecule has 0 saturated heterocycles. The van der Waals surface area contributed by atoms with Crippen molar-refractivity contribution in [2.75, 3.05) is 13.1 Å². The third kappa shape index (κ3) is 4.07. The highest BCUT2D eigenvalue weighted by atomic mass is 16.3. The molecule has 0 amide bonds. The fraction of sp³-hybridized carbons (Fsp3) is 0.312. The van der Waals surface area contributed by atoms with Crippen molar-refractivity contribution in [3.8, 4) is 11.3 Å². The van der Waals surface area contributed by atoms with E-state index in [1.54, 1.807) is 6.20 Å². The summed E-state index contributed by atoms with van der Waals surface area (Å²) in [7, 11) is 0. The Morgan fingerprint density at radius 3 is 3.00 bits per heavy atom. The molecule has 0 spiro atoms. The molecule has 0 aromatic carbocycles. The van der Waals surface area contributed by atoms with Crippen LogP contribution < -0.4 is 5.32 Å². The molecule has 1 N–H and O–H groups in total. The summed E-state index contributed by atoms with van der Waals surface area (Å²) in [6.45, 7) is 6.22. The average Bonchev–Trinajstić information content (AvgIpc) is 2.88. The van der Waals surface area contributed by atoms with Gasteiger partial charge in [0.25, 0.3) is 0 Å². The van der Waals surface area contributed by atoms with E-state index in [-0.39, 0.29) is 0 Å². The van der Waals surface area contributed by atoms with Crippen molar-refractivity contribution in [3.05, 3.63) is 48.0 Å². The van der Waals surface area contributed by atoms with Gasteiger partial charge in [-0.25, -0.2) is 0 Å². The maximum atomic E-state index is 5.80. The summed E-state index contributed by atoms with van der Waals surface area (Å²) in [4.78, 5) is 4.10. The van der Waals surface area contributed by atoms with Gasteiger partial charge in [-0.1, -0.05) is 12.5 Å². The maximum Gasteiger partial charge on any atom is 0.136 e. The van der Waals surface area contributed by atoms with E-state index >= 15 is 0 Å². The van der Waals surface area contributed by atoms with Gasteiger partial charge in [0, 0.05) is 24.5 Å². The van der Waals surface area contributed by atoms with Gasteiger partial charge in [-0.3, -0.25) is 4.98 Å². The van der Waals surface area contributed by atoms with Crippen LogP contribution in [0.5, 0.6) is 0 Å². The number of nitrogens with zero attached hydrogens (tertiary/aromatic N) is 1. The second-order valence-corrected chi connectivity index (χ2v) is 4.61. The van der Waals surface area contributed by atoms with E-state index in [0.717, 1.165) is 36.6 Å². The molecule has 3 heteroatoms. The second kappa shape index (κ2) is 6.90. The predicted octanol–water partition coefficient (Wildman–Crippen LogP) is 3.74. The van der Waals surface area contributed by atoms with Gasteiger partial charge in [-0.05, 0) is 50.2 Å². The van der Waals surface area contributed by atoms with Crippen LogP contribution in [0.3, 0.4) is 0 Å². The molecule has 2 aromatic rings. The molecule has 2 aromatic heterocycles. The smallest absolute Gasteiger partial charge is 0.136 e. The summed E-state index contributed by atoms with van der Waals surface area (Å²) < 4.78 is 5.80. The van der Waals surface area contributed by atoms with Crippen molar-refractivity contribution >= 4 is 6.08 Å². The number of aromatic nitrogens is 1. The van der Waals surface area contributed by atoms with E-state index in [1.807, 2.05) is 30.5 Å². The van der Waals surface area contributed by atoms with Crippen LogP contribution in [-0.4, -0.2) is 18.1 Å².